The van der Waals surface area contributed by atoms with Crippen LogP contribution in [0.1, 0.15) is 12.5 Å². The van der Waals surface area contributed by atoms with Gasteiger partial charge in [-0.1, -0.05) is 12.1 Å². The molecule has 0 fully saturated rings. The lowest BCUT2D eigenvalue weighted by molar-refractivity contribution is -0.116. The lowest BCUT2D eigenvalue weighted by atomic mass is 10.2. The Hall–Kier alpha value is -2.50. The van der Waals surface area contributed by atoms with Crippen molar-refractivity contribution < 1.29 is 4.79 Å². The first-order chi connectivity index (χ1) is 9.60. The number of nitrogen functional groups attached to an aromatic ring is 1. The largest absolute Gasteiger partial charge is 0.399 e. The van der Waals surface area contributed by atoms with Crippen LogP contribution in [0.5, 0.6) is 0 Å². The van der Waals surface area contributed by atoms with Crippen LogP contribution in [0.3, 0.4) is 0 Å². The molecule has 0 saturated heterocycles. The maximum Gasteiger partial charge on any atom is 0.237 e. The fourth-order valence-corrected chi connectivity index (χ4v) is 2.06. The number of primary amides is 1. The maximum absolute atomic E-state index is 11.3. The summed E-state index contributed by atoms with van der Waals surface area (Å²) in [4.78, 5) is 17.4. The third kappa shape index (κ3) is 3.28. The zero-order valence-corrected chi connectivity index (χ0v) is 11.5. The Labute approximate surface area is 118 Å². The van der Waals surface area contributed by atoms with Gasteiger partial charge in [0.1, 0.15) is 0 Å². The van der Waals surface area contributed by atoms with E-state index in [-0.39, 0.29) is 12.5 Å². The number of nitrogens with two attached hydrogens (primary N) is 2. The van der Waals surface area contributed by atoms with Crippen molar-refractivity contribution >= 4 is 17.5 Å². The van der Waals surface area contributed by atoms with Crippen LogP contribution in [-0.2, 0) is 17.9 Å². The van der Waals surface area contributed by atoms with Gasteiger partial charge < -0.3 is 20.9 Å². The third-order valence-corrected chi connectivity index (χ3v) is 3.02. The topological polar surface area (TPSA) is 90.2 Å². The fourth-order valence-electron chi connectivity index (χ4n) is 2.06. The molecule has 1 amide bonds. The van der Waals surface area contributed by atoms with E-state index in [2.05, 4.69) is 4.98 Å². The molecule has 0 aliphatic heterocycles. The summed E-state index contributed by atoms with van der Waals surface area (Å²) in [6.45, 7) is 3.49. The maximum atomic E-state index is 11.3. The second-order valence-corrected chi connectivity index (χ2v) is 4.58. The smallest absolute Gasteiger partial charge is 0.237 e. The molecule has 0 unspecified atom stereocenters. The molecule has 4 N–H and O–H groups in total. The van der Waals surface area contributed by atoms with Crippen LogP contribution in [0.25, 0.3) is 0 Å². The van der Waals surface area contributed by atoms with Gasteiger partial charge in [0.2, 0.25) is 11.9 Å². The Bertz CT molecular complexity index is 576. The Morgan fingerprint density at radius 3 is 2.65 bits per heavy atom. The van der Waals surface area contributed by atoms with Crippen LogP contribution in [0, 0.1) is 0 Å². The van der Waals surface area contributed by atoms with Crippen LogP contribution in [0.2, 0.25) is 0 Å². The third-order valence-electron chi connectivity index (χ3n) is 3.02. The van der Waals surface area contributed by atoms with Crippen LogP contribution >= 0.6 is 0 Å². The van der Waals surface area contributed by atoms with Gasteiger partial charge in [0.15, 0.2) is 0 Å². The average Bonchev–Trinajstić information content (AvgIpc) is 2.88. The number of nitrogens with zero attached hydrogens (tertiary/aromatic N) is 3. The van der Waals surface area contributed by atoms with Crippen LogP contribution in [-0.4, -0.2) is 22.0 Å². The number of carbonyl (C=O) groups excluding carboxylic acids is 1. The summed E-state index contributed by atoms with van der Waals surface area (Å²) in [6.07, 6.45) is 3.60. The fraction of sp³-hybridized carbons (Fsp3) is 0.286. The second-order valence-electron chi connectivity index (χ2n) is 4.58. The predicted molar refractivity (Wildman–Crippen MR) is 79.0 cm³/mol. The van der Waals surface area contributed by atoms with Gasteiger partial charge in [-0.25, -0.2) is 4.98 Å². The van der Waals surface area contributed by atoms with E-state index < -0.39 is 0 Å². The van der Waals surface area contributed by atoms with Crippen molar-refractivity contribution in [1.29, 1.82) is 0 Å². The van der Waals surface area contributed by atoms with Crippen molar-refractivity contribution in [2.24, 2.45) is 5.73 Å². The minimum atomic E-state index is -0.383. The van der Waals surface area contributed by atoms with Gasteiger partial charge in [-0.15, -0.1) is 0 Å². The number of amides is 1. The molecule has 0 atom stereocenters. The van der Waals surface area contributed by atoms with Gasteiger partial charge in [-0.3, -0.25) is 4.79 Å². The molecule has 0 aliphatic carbocycles. The molecule has 0 spiro atoms. The number of aromatic nitrogens is 2. The quantitative estimate of drug-likeness (QED) is 0.768. The molecular formula is C14H19N5O. The van der Waals surface area contributed by atoms with Crippen molar-refractivity contribution in [2.75, 3.05) is 17.2 Å². The summed E-state index contributed by atoms with van der Waals surface area (Å²) in [6, 6.07) is 7.54. The van der Waals surface area contributed by atoms with Gasteiger partial charge in [0.05, 0.1) is 6.54 Å². The molecule has 1 aromatic carbocycles. The molecule has 6 nitrogen and oxygen atoms in total. The first kappa shape index (κ1) is 13.9. The summed E-state index contributed by atoms with van der Waals surface area (Å²) in [7, 11) is 0. The molecule has 0 radical (unpaired) electrons. The summed E-state index contributed by atoms with van der Waals surface area (Å²) < 4.78 is 1.97. The van der Waals surface area contributed by atoms with Gasteiger partial charge in [-0.05, 0) is 24.6 Å². The molecular weight excluding hydrogens is 254 g/mol. The number of imidazole rings is 1. The average molecular weight is 273 g/mol. The van der Waals surface area contributed by atoms with Crippen LogP contribution in [0.15, 0.2) is 36.7 Å². The van der Waals surface area contributed by atoms with Gasteiger partial charge in [-0.2, -0.15) is 0 Å². The molecule has 2 aromatic rings. The van der Waals surface area contributed by atoms with Crippen molar-refractivity contribution in [3.05, 3.63) is 42.2 Å². The number of rotatable bonds is 6. The normalized spacial score (nSPS) is 10.4. The molecule has 1 aromatic heterocycles. The number of benzene rings is 1. The second kappa shape index (κ2) is 6.10. The van der Waals surface area contributed by atoms with E-state index in [4.69, 9.17) is 11.5 Å². The Balaban J connectivity index is 2.23. The van der Waals surface area contributed by atoms with E-state index in [1.807, 2.05) is 46.9 Å². The van der Waals surface area contributed by atoms with Crippen molar-refractivity contribution in [3.63, 3.8) is 0 Å². The van der Waals surface area contributed by atoms with E-state index in [1.165, 1.54) is 0 Å². The van der Waals surface area contributed by atoms with Gasteiger partial charge in [0.25, 0.3) is 0 Å². The van der Waals surface area contributed by atoms with Gasteiger partial charge >= 0.3 is 0 Å². The van der Waals surface area contributed by atoms with E-state index in [0.29, 0.717) is 12.2 Å². The lowest BCUT2D eigenvalue weighted by Crippen LogP contribution is -2.35. The van der Waals surface area contributed by atoms with Crippen LogP contribution < -0.4 is 16.4 Å². The van der Waals surface area contributed by atoms with E-state index in [1.54, 1.807) is 6.20 Å². The molecule has 0 saturated carbocycles. The minimum absolute atomic E-state index is 0.126. The van der Waals surface area contributed by atoms with Crippen LogP contribution in [0.4, 0.5) is 11.6 Å². The first-order valence-corrected chi connectivity index (χ1v) is 6.49. The number of hydrogen-bond acceptors (Lipinski definition) is 4. The van der Waals surface area contributed by atoms with E-state index >= 15 is 0 Å². The van der Waals surface area contributed by atoms with Crippen molar-refractivity contribution in [1.82, 2.24) is 9.55 Å². The van der Waals surface area contributed by atoms with Crippen molar-refractivity contribution in [2.45, 2.75) is 20.0 Å². The summed E-state index contributed by atoms with van der Waals surface area (Å²) in [5.41, 5.74) is 12.8. The van der Waals surface area contributed by atoms with E-state index in [9.17, 15) is 4.79 Å². The molecule has 6 heteroatoms. The highest BCUT2D eigenvalue weighted by atomic mass is 16.1. The predicted octanol–water partition coefficient (Wildman–Crippen LogP) is 0.977. The highest BCUT2D eigenvalue weighted by Gasteiger charge is 2.15. The number of aryl methyl sites for hydroxylation is 1. The van der Waals surface area contributed by atoms with Crippen molar-refractivity contribution in [3.8, 4) is 0 Å². The highest BCUT2D eigenvalue weighted by Crippen LogP contribution is 2.16. The summed E-state index contributed by atoms with van der Waals surface area (Å²) >= 11 is 0. The lowest BCUT2D eigenvalue weighted by Gasteiger charge is -2.23. The molecule has 106 valence electrons. The number of anilines is 2. The van der Waals surface area contributed by atoms with E-state index in [0.717, 1.165) is 18.1 Å². The molecule has 1 heterocycles. The molecule has 0 aliphatic rings. The first-order valence-electron chi connectivity index (χ1n) is 6.49. The number of hydrogen-bond donors (Lipinski definition) is 2. The molecule has 2 rings (SSSR count). The Kier molecular flexibility index (Phi) is 4.24. The molecule has 20 heavy (non-hydrogen) atoms. The van der Waals surface area contributed by atoms with Gasteiger partial charge in [0, 0.05) is 31.2 Å². The molecule has 0 bridgehead atoms. The zero-order chi connectivity index (χ0) is 14.5. The Morgan fingerprint density at radius 2 is 2.05 bits per heavy atom. The summed E-state index contributed by atoms with van der Waals surface area (Å²) in [5, 5.41) is 0. The SMILES string of the molecule is CCn1ccnc1N(CC(N)=O)Cc1ccc(N)cc1. The zero-order valence-electron chi connectivity index (χ0n) is 11.5. The standard InChI is InChI=1S/C14H19N5O/c1-2-18-8-7-17-14(18)19(10-13(16)20)9-11-3-5-12(15)6-4-11/h3-8H,2,9-10,15H2,1H3,(H2,16,20). The summed E-state index contributed by atoms with van der Waals surface area (Å²) in [5.74, 6) is 0.356. The minimum Gasteiger partial charge on any atom is -0.399 e. The highest BCUT2D eigenvalue weighted by molar-refractivity contribution is 5.78. The Morgan fingerprint density at radius 1 is 1.35 bits per heavy atom. The monoisotopic (exact) mass is 273 g/mol. The number of carbonyl (C=O) groups is 1.